The average Bonchev–Trinajstić information content (AvgIpc) is 3.48. The third-order valence-electron chi connectivity index (χ3n) is 13.5. The molecule has 8 N–H and O–H groups in total. The summed E-state index contributed by atoms with van der Waals surface area (Å²) in [7, 11) is 0. The fourth-order valence-corrected chi connectivity index (χ4v) is 10.8. The summed E-state index contributed by atoms with van der Waals surface area (Å²) in [5, 5.41) is 43.3. The Kier molecular flexibility index (Phi) is 11.1. The molecule has 0 unspecified atom stereocenters. The van der Waals surface area contributed by atoms with E-state index in [0.717, 1.165) is 44.9 Å². The van der Waals surface area contributed by atoms with Gasteiger partial charge in [-0.05, 0) is 144 Å². The van der Waals surface area contributed by atoms with Gasteiger partial charge in [0.1, 0.15) is 0 Å². The maximum absolute atomic E-state index is 12.0. The summed E-state index contributed by atoms with van der Waals surface area (Å²) in [6.07, 6.45) is 17.4. The van der Waals surface area contributed by atoms with Gasteiger partial charge in [0.2, 0.25) is 0 Å². The molecule has 8 heteroatoms. The molecule has 4 fully saturated rings. The third kappa shape index (κ3) is 8.98. The number of carboxylic acids is 1. The number of benzene rings is 1. The van der Waals surface area contributed by atoms with Crippen LogP contribution in [-0.4, -0.2) is 69.4 Å². The van der Waals surface area contributed by atoms with Crippen LogP contribution in [0.5, 0.6) is 0 Å². The Morgan fingerprint density at radius 2 is 1.66 bits per heavy atom. The van der Waals surface area contributed by atoms with Gasteiger partial charge >= 0.3 is 5.97 Å². The molecule has 0 amide bonds. The SMILES string of the molecule is C[C@@H]1N[C@H]([C@@H]2CC[C@@H]3CCC4(CCCC4)CC[C@@](O)(CC(=O)O)CN[C@]4(C)C[C@H](Cc5cccc(c5)C[C@H]3C2)N[C@H](N)C4)CC[C@H]1O. The minimum atomic E-state index is -1.28. The van der Waals surface area contributed by atoms with Crippen molar-refractivity contribution in [2.45, 2.75) is 171 Å². The summed E-state index contributed by atoms with van der Waals surface area (Å²) in [5.41, 5.74) is 7.99. The smallest absolute Gasteiger partial charge is 0.306 e. The van der Waals surface area contributed by atoms with Crippen molar-refractivity contribution in [3.05, 3.63) is 35.4 Å². The second kappa shape index (κ2) is 14.7. The van der Waals surface area contributed by atoms with Gasteiger partial charge in [-0.2, -0.15) is 0 Å². The highest BCUT2D eigenvalue weighted by Gasteiger charge is 2.43. The van der Waals surface area contributed by atoms with E-state index in [1.54, 1.807) is 0 Å². The van der Waals surface area contributed by atoms with Crippen LogP contribution in [0.3, 0.4) is 0 Å². The van der Waals surface area contributed by atoms with Crippen molar-refractivity contribution in [3.8, 4) is 0 Å². The van der Waals surface area contributed by atoms with Gasteiger partial charge in [-0.25, -0.2) is 0 Å². The predicted molar refractivity (Wildman–Crippen MR) is 187 cm³/mol. The van der Waals surface area contributed by atoms with Gasteiger partial charge in [-0.1, -0.05) is 37.1 Å². The molecule has 2 aliphatic carbocycles. The Labute approximate surface area is 283 Å². The minimum absolute atomic E-state index is 0.161. The van der Waals surface area contributed by atoms with Crippen molar-refractivity contribution in [1.29, 1.82) is 0 Å². The number of aliphatic hydroxyl groups excluding tert-OH is 1. The van der Waals surface area contributed by atoms with E-state index in [2.05, 4.69) is 54.1 Å². The Morgan fingerprint density at radius 3 is 2.40 bits per heavy atom. The Balaban J connectivity index is 1.28. The number of nitrogens with two attached hydrogens (primary N) is 1. The Hall–Kier alpha value is -1.55. The molecule has 3 aliphatic heterocycles. The predicted octanol–water partition coefficient (Wildman–Crippen LogP) is 5.03. The van der Waals surface area contributed by atoms with Crippen LogP contribution < -0.4 is 21.7 Å². The molecule has 2 saturated carbocycles. The summed E-state index contributed by atoms with van der Waals surface area (Å²) < 4.78 is 0. The molecule has 1 spiro atoms. The first-order valence-electron chi connectivity index (χ1n) is 19.1. The van der Waals surface area contributed by atoms with Crippen molar-refractivity contribution in [2.75, 3.05) is 6.54 Å². The molecular formula is C39H64N4O4. The van der Waals surface area contributed by atoms with Gasteiger partial charge in [-0.15, -0.1) is 0 Å². The van der Waals surface area contributed by atoms with E-state index in [9.17, 15) is 20.1 Å². The second-order valence-electron chi connectivity index (χ2n) is 17.4. The second-order valence-corrected chi connectivity index (χ2v) is 17.4. The molecule has 1 aromatic rings. The number of hydrogen-bond donors (Lipinski definition) is 7. The summed E-state index contributed by atoms with van der Waals surface area (Å²) in [5.74, 6) is 1.02. The highest BCUT2D eigenvalue weighted by Crippen LogP contribution is 2.50. The zero-order valence-corrected chi connectivity index (χ0v) is 29.2. The Bertz CT molecular complexity index is 1210. The molecule has 5 aliphatic rings. The molecule has 8 nitrogen and oxygen atoms in total. The van der Waals surface area contributed by atoms with Crippen LogP contribution in [-0.2, 0) is 17.6 Å². The molecule has 47 heavy (non-hydrogen) atoms. The fourth-order valence-electron chi connectivity index (χ4n) is 10.8. The average molecular weight is 653 g/mol. The lowest BCUT2D eigenvalue weighted by atomic mass is 9.65. The van der Waals surface area contributed by atoms with E-state index in [-0.39, 0.29) is 48.3 Å². The van der Waals surface area contributed by atoms with E-state index in [4.69, 9.17) is 5.73 Å². The zero-order chi connectivity index (χ0) is 33.2. The summed E-state index contributed by atoms with van der Waals surface area (Å²) in [6, 6.07) is 10.1. The van der Waals surface area contributed by atoms with Gasteiger partial charge in [-0.3, -0.25) is 10.1 Å². The largest absolute Gasteiger partial charge is 0.481 e. The number of nitrogens with one attached hydrogen (secondary N) is 3. The summed E-state index contributed by atoms with van der Waals surface area (Å²) in [6.45, 7) is 4.60. The fraction of sp³-hybridized carbons (Fsp3) is 0.821. The van der Waals surface area contributed by atoms with Crippen LogP contribution >= 0.6 is 0 Å². The molecule has 1 aromatic carbocycles. The molecule has 10 atom stereocenters. The maximum atomic E-state index is 12.0. The molecule has 2 saturated heterocycles. The number of piperidine rings is 2. The number of β-amino-alcohol motifs (C(OH)–C–C–N with tert-alkyl or cyclic N) is 1. The van der Waals surface area contributed by atoms with Gasteiger partial charge in [0.05, 0.1) is 24.3 Å². The molecule has 0 aromatic heterocycles. The molecule has 3 heterocycles. The highest BCUT2D eigenvalue weighted by molar-refractivity contribution is 5.68. The van der Waals surface area contributed by atoms with E-state index in [1.807, 2.05) is 0 Å². The number of fused-ring (bicyclic) bond motifs is 5. The Morgan fingerprint density at radius 1 is 0.915 bits per heavy atom. The molecule has 6 rings (SSSR count). The molecule has 4 bridgehead atoms. The summed E-state index contributed by atoms with van der Waals surface area (Å²) >= 11 is 0. The van der Waals surface area contributed by atoms with Gasteiger partial charge in [0, 0.05) is 30.2 Å². The van der Waals surface area contributed by atoms with Gasteiger partial charge in [0.25, 0.3) is 0 Å². The van der Waals surface area contributed by atoms with E-state index >= 15 is 0 Å². The van der Waals surface area contributed by atoms with Crippen molar-refractivity contribution in [2.24, 2.45) is 28.9 Å². The lowest BCUT2D eigenvalue weighted by Crippen LogP contribution is -2.63. The lowest BCUT2D eigenvalue weighted by Gasteiger charge is -2.45. The first-order chi connectivity index (χ1) is 22.4. The van der Waals surface area contributed by atoms with Gasteiger partial charge < -0.3 is 31.7 Å². The normalized spacial score (nSPS) is 41.8. The quantitative estimate of drug-likeness (QED) is 0.241. The maximum Gasteiger partial charge on any atom is 0.306 e. The van der Waals surface area contributed by atoms with Crippen LogP contribution in [0.25, 0.3) is 0 Å². The third-order valence-corrected chi connectivity index (χ3v) is 13.5. The number of rotatable bonds is 3. The van der Waals surface area contributed by atoms with E-state index < -0.39 is 11.6 Å². The van der Waals surface area contributed by atoms with E-state index in [1.165, 1.54) is 68.9 Å². The van der Waals surface area contributed by atoms with Crippen molar-refractivity contribution < 1.29 is 20.1 Å². The van der Waals surface area contributed by atoms with Crippen LogP contribution in [0.2, 0.25) is 0 Å². The number of aliphatic hydroxyl groups is 2. The highest BCUT2D eigenvalue weighted by atomic mass is 16.4. The molecule has 264 valence electrons. The number of carboxylic acid groups (broad SMARTS) is 1. The standard InChI is InChI=1S/C39H64N4O4/c1-26-34(44)11-10-33(42-26)30-9-8-29-12-15-38(13-3-4-14-38)16-17-39(47,24-36(45)46)25-41-37(2)22-32(43-35(40)23-37)20-28-7-5-6-27(18-28)19-31(29)21-30/h5-7,18,26,29-35,41-44,47H,3-4,8-17,19-25,40H2,1-2H3,(H,45,46)/t26-,29+,30+,31-,32-,33-,34+,35-,37+,39+/m0/s1. The van der Waals surface area contributed by atoms with Crippen LogP contribution in [0, 0.1) is 23.2 Å². The van der Waals surface area contributed by atoms with Crippen LogP contribution in [0.1, 0.15) is 128 Å². The molecule has 0 radical (unpaired) electrons. The van der Waals surface area contributed by atoms with Crippen LogP contribution in [0.4, 0.5) is 0 Å². The zero-order valence-electron chi connectivity index (χ0n) is 29.2. The minimum Gasteiger partial charge on any atom is -0.481 e. The van der Waals surface area contributed by atoms with Gasteiger partial charge in [0.15, 0.2) is 0 Å². The number of carbonyl (C=O) groups is 1. The molecular weight excluding hydrogens is 588 g/mol. The first-order valence-corrected chi connectivity index (χ1v) is 19.1. The van der Waals surface area contributed by atoms with Crippen molar-refractivity contribution >= 4 is 5.97 Å². The lowest BCUT2D eigenvalue weighted by molar-refractivity contribution is -0.143. The number of hydrogen-bond acceptors (Lipinski definition) is 7. The first kappa shape index (κ1) is 35.3. The van der Waals surface area contributed by atoms with E-state index in [0.29, 0.717) is 30.2 Å². The monoisotopic (exact) mass is 652 g/mol. The number of aliphatic carboxylic acids is 1. The van der Waals surface area contributed by atoms with Crippen molar-refractivity contribution in [1.82, 2.24) is 16.0 Å². The van der Waals surface area contributed by atoms with Crippen molar-refractivity contribution in [3.63, 3.8) is 0 Å². The summed E-state index contributed by atoms with van der Waals surface area (Å²) in [4.78, 5) is 12.0. The van der Waals surface area contributed by atoms with Crippen LogP contribution in [0.15, 0.2) is 24.3 Å². The topological polar surface area (TPSA) is 140 Å².